The van der Waals surface area contributed by atoms with Gasteiger partial charge in [0.05, 0.1) is 0 Å². The van der Waals surface area contributed by atoms with Crippen LogP contribution in [0.4, 0.5) is 11.8 Å². The topological polar surface area (TPSA) is 41.1 Å². The van der Waals surface area contributed by atoms with E-state index >= 15 is 0 Å². The summed E-state index contributed by atoms with van der Waals surface area (Å²) >= 11 is 0. The van der Waals surface area contributed by atoms with E-state index in [1.165, 1.54) is 16.7 Å². The summed E-state index contributed by atoms with van der Waals surface area (Å²) in [4.78, 5) is 11.6. The van der Waals surface area contributed by atoms with Crippen molar-refractivity contribution < 1.29 is 0 Å². The van der Waals surface area contributed by atoms with Crippen LogP contribution in [0.25, 0.3) is 0 Å². The fourth-order valence-electron chi connectivity index (χ4n) is 3.26. The highest BCUT2D eigenvalue weighted by Crippen LogP contribution is 2.24. The Bertz CT molecular complexity index is 861. The lowest BCUT2D eigenvalue weighted by Gasteiger charge is -2.30. The van der Waals surface area contributed by atoms with Gasteiger partial charge in [0.1, 0.15) is 5.82 Å². The van der Waals surface area contributed by atoms with Gasteiger partial charge in [0, 0.05) is 31.4 Å². The Balaban J connectivity index is 1.52. The molecule has 0 fully saturated rings. The molecule has 0 radical (unpaired) electrons. The fourth-order valence-corrected chi connectivity index (χ4v) is 3.26. The summed E-state index contributed by atoms with van der Waals surface area (Å²) in [7, 11) is 0. The first-order chi connectivity index (χ1) is 12.3. The summed E-state index contributed by atoms with van der Waals surface area (Å²) in [5.41, 5.74) is 5.05. The SMILES string of the molecule is Cc1cc(N2CCc3ccccc3C2)nc(NCc2ccccc2)n1. The average Bonchev–Trinajstić information content (AvgIpc) is 2.66. The highest BCUT2D eigenvalue weighted by atomic mass is 15.2. The Labute approximate surface area is 148 Å². The third-order valence-corrected chi connectivity index (χ3v) is 4.59. The first-order valence-electron chi connectivity index (χ1n) is 8.73. The summed E-state index contributed by atoms with van der Waals surface area (Å²) in [5.74, 6) is 1.69. The standard InChI is InChI=1S/C21H22N4/c1-16-13-20(25-12-11-18-9-5-6-10-19(18)15-25)24-21(23-16)22-14-17-7-3-2-4-8-17/h2-10,13H,11-12,14-15H2,1H3,(H,22,23,24). The van der Waals surface area contributed by atoms with Crippen molar-refractivity contribution in [3.8, 4) is 0 Å². The minimum atomic E-state index is 0.692. The number of anilines is 2. The Hall–Kier alpha value is -2.88. The number of aromatic nitrogens is 2. The van der Waals surface area contributed by atoms with Crippen LogP contribution in [-0.2, 0) is 19.5 Å². The molecule has 0 atom stereocenters. The second-order valence-electron chi connectivity index (χ2n) is 6.47. The van der Waals surface area contributed by atoms with Gasteiger partial charge in [0.2, 0.25) is 5.95 Å². The molecule has 0 aliphatic carbocycles. The molecule has 0 bridgehead atoms. The van der Waals surface area contributed by atoms with E-state index in [2.05, 4.69) is 57.7 Å². The lowest BCUT2D eigenvalue weighted by Crippen LogP contribution is -2.31. The minimum Gasteiger partial charge on any atom is -0.352 e. The molecule has 0 saturated carbocycles. The molecule has 0 unspecified atom stereocenters. The van der Waals surface area contributed by atoms with Crippen molar-refractivity contribution in [2.75, 3.05) is 16.8 Å². The predicted molar refractivity (Wildman–Crippen MR) is 102 cm³/mol. The van der Waals surface area contributed by atoms with Gasteiger partial charge in [-0.05, 0) is 30.0 Å². The fraction of sp³-hybridized carbons (Fsp3) is 0.238. The number of hydrogen-bond donors (Lipinski definition) is 1. The molecule has 1 aliphatic heterocycles. The van der Waals surface area contributed by atoms with Crippen LogP contribution in [0.3, 0.4) is 0 Å². The number of benzene rings is 2. The molecular weight excluding hydrogens is 308 g/mol. The van der Waals surface area contributed by atoms with E-state index in [-0.39, 0.29) is 0 Å². The largest absolute Gasteiger partial charge is 0.352 e. The maximum atomic E-state index is 4.75. The Morgan fingerprint density at radius 1 is 0.960 bits per heavy atom. The van der Waals surface area contributed by atoms with Gasteiger partial charge >= 0.3 is 0 Å². The van der Waals surface area contributed by atoms with Crippen molar-refractivity contribution in [2.45, 2.75) is 26.4 Å². The average molecular weight is 330 g/mol. The van der Waals surface area contributed by atoms with Gasteiger partial charge in [-0.15, -0.1) is 0 Å². The molecule has 2 aromatic carbocycles. The van der Waals surface area contributed by atoms with Gasteiger partial charge in [-0.25, -0.2) is 4.98 Å². The van der Waals surface area contributed by atoms with Crippen molar-refractivity contribution >= 4 is 11.8 Å². The Morgan fingerprint density at radius 2 is 1.72 bits per heavy atom. The first kappa shape index (κ1) is 15.6. The lowest BCUT2D eigenvalue weighted by atomic mass is 10.00. The van der Waals surface area contributed by atoms with Crippen LogP contribution >= 0.6 is 0 Å². The number of rotatable bonds is 4. The van der Waals surface area contributed by atoms with Crippen LogP contribution in [0.15, 0.2) is 60.7 Å². The Kier molecular flexibility index (Phi) is 4.34. The lowest BCUT2D eigenvalue weighted by molar-refractivity contribution is 0.718. The van der Waals surface area contributed by atoms with Gasteiger partial charge in [-0.1, -0.05) is 54.6 Å². The number of nitrogens with one attached hydrogen (secondary N) is 1. The third kappa shape index (κ3) is 3.63. The summed E-state index contributed by atoms with van der Waals surface area (Å²) < 4.78 is 0. The molecule has 25 heavy (non-hydrogen) atoms. The van der Waals surface area contributed by atoms with Gasteiger partial charge in [0.25, 0.3) is 0 Å². The van der Waals surface area contributed by atoms with E-state index in [0.29, 0.717) is 5.95 Å². The quantitative estimate of drug-likeness (QED) is 0.786. The van der Waals surface area contributed by atoms with Gasteiger partial charge in [-0.3, -0.25) is 0 Å². The molecule has 4 nitrogen and oxygen atoms in total. The molecular formula is C21H22N4. The van der Waals surface area contributed by atoms with E-state index in [0.717, 1.165) is 37.6 Å². The maximum absolute atomic E-state index is 4.75. The van der Waals surface area contributed by atoms with Crippen LogP contribution in [0, 0.1) is 6.92 Å². The summed E-state index contributed by atoms with van der Waals surface area (Å²) in [6.45, 7) is 4.65. The van der Waals surface area contributed by atoms with Crippen molar-refractivity contribution in [1.82, 2.24) is 9.97 Å². The zero-order valence-corrected chi connectivity index (χ0v) is 14.4. The van der Waals surface area contributed by atoms with Crippen LogP contribution in [0.2, 0.25) is 0 Å². The van der Waals surface area contributed by atoms with Gasteiger partial charge < -0.3 is 10.2 Å². The first-order valence-corrected chi connectivity index (χ1v) is 8.73. The van der Waals surface area contributed by atoms with Gasteiger partial charge in [0.15, 0.2) is 0 Å². The molecule has 1 N–H and O–H groups in total. The highest BCUT2D eigenvalue weighted by molar-refractivity contribution is 5.48. The summed E-state index contributed by atoms with van der Waals surface area (Å²) in [6, 6.07) is 21.1. The predicted octanol–water partition coefficient (Wildman–Crippen LogP) is 3.96. The summed E-state index contributed by atoms with van der Waals surface area (Å²) in [6.07, 6.45) is 1.06. The molecule has 0 spiro atoms. The monoisotopic (exact) mass is 330 g/mol. The molecule has 1 aliphatic rings. The second kappa shape index (κ2) is 6.93. The third-order valence-electron chi connectivity index (χ3n) is 4.59. The van der Waals surface area contributed by atoms with E-state index in [1.807, 2.05) is 25.1 Å². The molecule has 3 aromatic rings. The molecule has 4 rings (SSSR count). The van der Waals surface area contributed by atoms with E-state index in [4.69, 9.17) is 4.98 Å². The van der Waals surface area contributed by atoms with Crippen LogP contribution < -0.4 is 10.2 Å². The van der Waals surface area contributed by atoms with Crippen molar-refractivity contribution in [1.29, 1.82) is 0 Å². The van der Waals surface area contributed by atoms with Crippen molar-refractivity contribution in [3.63, 3.8) is 0 Å². The van der Waals surface area contributed by atoms with Gasteiger partial charge in [-0.2, -0.15) is 4.98 Å². The zero-order chi connectivity index (χ0) is 17.1. The molecule has 0 saturated heterocycles. The highest BCUT2D eigenvalue weighted by Gasteiger charge is 2.18. The smallest absolute Gasteiger partial charge is 0.225 e. The van der Waals surface area contributed by atoms with E-state index in [1.54, 1.807) is 0 Å². The zero-order valence-electron chi connectivity index (χ0n) is 14.4. The molecule has 126 valence electrons. The molecule has 0 amide bonds. The number of nitrogens with zero attached hydrogens (tertiary/aromatic N) is 3. The molecule has 1 aromatic heterocycles. The van der Waals surface area contributed by atoms with Crippen LogP contribution in [-0.4, -0.2) is 16.5 Å². The van der Waals surface area contributed by atoms with E-state index < -0.39 is 0 Å². The van der Waals surface area contributed by atoms with E-state index in [9.17, 15) is 0 Å². The number of hydrogen-bond acceptors (Lipinski definition) is 4. The summed E-state index contributed by atoms with van der Waals surface area (Å²) in [5, 5.41) is 3.35. The van der Waals surface area contributed by atoms with Crippen LogP contribution in [0.1, 0.15) is 22.4 Å². The Morgan fingerprint density at radius 3 is 2.56 bits per heavy atom. The van der Waals surface area contributed by atoms with Crippen molar-refractivity contribution in [3.05, 3.63) is 83.0 Å². The molecule has 4 heteroatoms. The number of fused-ring (bicyclic) bond motifs is 1. The second-order valence-corrected chi connectivity index (χ2v) is 6.47. The number of aryl methyl sites for hydroxylation is 1. The van der Waals surface area contributed by atoms with Crippen molar-refractivity contribution in [2.24, 2.45) is 0 Å². The minimum absolute atomic E-state index is 0.692. The maximum Gasteiger partial charge on any atom is 0.225 e. The molecule has 2 heterocycles. The normalized spacial score (nSPS) is 13.4. The van der Waals surface area contributed by atoms with Crippen LogP contribution in [0.5, 0.6) is 0 Å².